The van der Waals surface area contributed by atoms with Crippen molar-refractivity contribution < 1.29 is 4.92 Å². The smallest absolute Gasteiger partial charge is 0.269 e. The van der Waals surface area contributed by atoms with E-state index in [0.29, 0.717) is 0 Å². The summed E-state index contributed by atoms with van der Waals surface area (Å²) in [5.41, 5.74) is 1.27. The predicted molar refractivity (Wildman–Crippen MR) is 98.7 cm³/mol. The lowest BCUT2D eigenvalue weighted by molar-refractivity contribution is -0.384. The van der Waals surface area contributed by atoms with Crippen molar-refractivity contribution in [2.24, 2.45) is 5.92 Å². The highest BCUT2D eigenvalue weighted by atomic mass is 16.6. The van der Waals surface area contributed by atoms with Crippen LogP contribution in [0.3, 0.4) is 0 Å². The molecule has 24 heavy (non-hydrogen) atoms. The maximum Gasteiger partial charge on any atom is 0.269 e. The van der Waals surface area contributed by atoms with Gasteiger partial charge in [-0.1, -0.05) is 13.8 Å². The number of benzene rings is 1. The Kier molecular flexibility index (Phi) is 7.46. The summed E-state index contributed by atoms with van der Waals surface area (Å²) >= 11 is 0. The van der Waals surface area contributed by atoms with E-state index in [0.717, 1.165) is 37.8 Å². The van der Waals surface area contributed by atoms with Crippen molar-refractivity contribution in [3.05, 3.63) is 34.4 Å². The van der Waals surface area contributed by atoms with Crippen LogP contribution >= 0.6 is 0 Å². The maximum absolute atomic E-state index is 10.7. The Balaban J connectivity index is 0.00000100. The summed E-state index contributed by atoms with van der Waals surface area (Å²) in [6.07, 6.45) is 2.42. The summed E-state index contributed by atoms with van der Waals surface area (Å²) in [5.74, 6) is 0.785. The molecule has 0 spiro atoms. The van der Waals surface area contributed by atoms with Gasteiger partial charge >= 0.3 is 0 Å². The average Bonchev–Trinajstić information content (AvgIpc) is 2.65. The molecule has 0 saturated carbocycles. The molecular formula is C18H30N4O2. The van der Waals surface area contributed by atoms with Gasteiger partial charge in [0.2, 0.25) is 0 Å². The van der Waals surface area contributed by atoms with Gasteiger partial charge in [-0.3, -0.25) is 10.1 Å². The van der Waals surface area contributed by atoms with Gasteiger partial charge < -0.3 is 15.1 Å². The molecule has 0 amide bonds. The third-order valence-corrected chi connectivity index (χ3v) is 4.77. The molecule has 0 unspecified atom stereocenters. The molecule has 0 radical (unpaired) electrons. The second-order valence-corrected chi connectivity index (χ2v) is 6.25. The molecule has 3 rings (SSSR count). The SMILES string of the molecule is CC.O=[N+]([O-])c1ccc(N2CCC(CN3CCNCC3)CC2)cc1. The fourth-order valence-electron chi connectivity index (χ4n) is 3.42. The van der Waals surface area contributed by atoms with E-state index < -0.39 is 0 Å². The quantitative estimate of drug-likeness (QED) is 0.678. The number of nitro benzene ring substituents is 1. The number of piperazine rings is 1. The summed E-state index contributed by atoms with van der Waals surface area (Å²) in [7, 11) is 0. The zero-order valence-electron chi connectivity index (χ0n) is 14.9. The fourth-order valence-corrected chi connectivity index (χ4v) is 3.42. The van der Waals surface area contributed by atoms with E-state index in [1.54, 1.807) is 12.1 Å². The zero-order chi connectivity index (χ0) is 17.4. The molecule has 1 aromatic rings. The first-order chi connectivity index (χ1) is 11.7. The minimum atomic E-state index is -0.344. The van der Waals surface area contributed by atoms with E-state index in [1.165, 1.54) is 32.5 Å². The topological polar surface area (TPSA) is 61.7 Å². The van der Waals surface area contributed by atoms with Crippen LogP contribution in [0.1, 0.15) is 26.7 Å². The molecular weight excluding hydrogens is 304 g/mol. The minimum absolute atomic E-state index is 0.164. The highest BCUT2D eigenvalue weighted by Gasteiger charge is 2.22. The summed E-state index contributed by atoms with van der Waals surface area (Å²) < 4.78 is 0. The Bertz CT molecular complexity index is 492. The van der Waals surface area contributed by atoms with Crippen LogP contribution in [-0.4, -0.2) is 55.6 Å². The molecule has 2 aliphatic heterocycles. The summed E-state index contributed by atoms with van der Waals surface area (Å²) in [4.78, 5) is 15.3. The van der Waals surface area contributed by atoms with Gasteiger partial charge in [-0.25, -0.2) is 0 Å². The van der Waals surface area contributed by atoms with E-state index in [4.69, 9.17) is 0 Å². The summed E-state index contributed by atoms with van der Waals surface area (Å²) in [6.45, 7) is 11.9. The van der Waals surface area contributed by atoms with Crippen molar-refractivity contribution in [3.63, 3.8) is 0 Å². The number of hydrogen-bond acceptors (Lipinski definition) is 5. The summed E-state index contributed by atoms with van der Waals surface area (Å²) in [5, 5.41) is 14.1. The number of nitro groups is 1. The molecule has 0 aromatic heterocycles. The van der Waals surface area contributed by atoms with Crippen LogP contribution in [0.2, 0.25) is 0 Å². The lowest BCUT2D eigenvalue weighted by Gasteiger charge is -2.37. The number of nitrogens with one attached hydrogen (secondary N) is 1. The van der Waals surface area contributed by atoms with Crippen molar-refractivity contribution >= 4 is 11.4 Å². The van der Waals surface area contributed by atoms with Crippen LogP contribution in [0, 0.1) is 16.0 Å². The van der Waals surface area contributed by atoms with Crippen molar-refractivity contribution in [2.45, 2.75) is 26.7 Å². The summed E-state index contributed by atoms with van der Waals surface area (Å²) in [6, 6.07) is 6.94. The lowest BCUT2D eigenvalue weighted by Crippen LogP contribution is -2.46. The van der Waals surface area contributed by atoms with Crippen LogP contribution in [0.15, 0.2) is 24.3 Å². The maximum atomic E-state index is 10.7. The number of nitrogens with zero attached hydrogens (tertiary/aromatic N) is 3. The number of hydrogen-bond donors (Lipinski definition) is 1. The van der Waals surface area contributed by atoms with Gasteiger partial charge in [-0.15, -0.1) is 0 Å². The van der Waals surface area contributed by atoms with Crippen molar-refractivity contribution in [3.8, 4) is 0 Å². The minimum Gasteiger partial charge on any atom is -0.372 e. The average molecular weight is 334 g/mol. The van der Waals surface area contributed by atoms with Gasteiger partial charge in [0, 0.05) is 63.6 Å². The number of piperidine rings is 1. The Labute approximate surface area is 145 Å². The molecule has 0 bridgehead atoms. The molecule has 1 aromatic carbocycles. The van der Waals surface area contributed by atoms with Gasteiger partial charge in [0.05, 0.1) is 4.92 Å². The Morgan fingerprint density at radius 2 is 1.67 bits per heavy atom. The molecule has 1 N–H and O–H groups in total. The largest absolute Gasteiger partial charge is 0.372 e. The Hall–Kier alpha value is -1.66. The number of non-ortho nitro benzene ring substituents is 1. The predicted octanol–water partition coefficient (Wildman–Crippen LogP) is 2.74. The van der Waals surface area contributed by atoms with Crippen LogP contribution in [-0.2, 0) is 0 Å². The Morgan fingerprint density at radius 1 is 1.08 bits per heavy atom. The van der Waals surface area contributed by atoms with Gasteiger partial charge in [0.25, 0.3) is 5.69 Å². The van der Waals surface area contributed by atoms with Crippen molar-refractivity contribution in [1.29, 1.82) is 0 Å². The molecule has 6 heteroatoms. The van der Waals surface area contributed by atoms with E-state index in [-0.39, 0.29) is 10.6 Å². The highest BCUT2D eigenvalue weighted by Crippen LogP contribution is 2.25. The first kappa shape index (κ1) is 18.7. The van der Waals surface area contributed by atoms with Crippen LogP contribution in [0.4, 0.5) is 11.4 Å². The first-order valence-electron chi connectivity index (χ1n) is 9.15. The van der Waals surface area contributed by atoms with Crippen molar-refractivity contribution in [1.82, 2.24) is 10.2 Å². The third-order valence-electron chi connectivity index (χ3n) is 4.77. The van der Waals surface area contributed by atoms with Gasteiger partial charge in [-0.05, 0) is 30.9 Å². The van der Waals surface area contributed by atoms with E-state index in [1.807, 2.05) is 26.0 Å². The van der Waals surface area contributed by atoms with E-state index in [9.17, 15) is 10.1 Å². The normalized spacial score (nSPS) is 19.5. The Morgan fingerprint density at radius 3 is 2.21 bits per heavy atom. The molecule has 2 saturated heterocycles. The number of rotatable bonds is 4. The van der Waals surface area contributed by atoms with Gasteiger partial charge in [0.15, 0.2) is 0 Å². The van der Waals surface area contributed by atoms with Crippen molar-refractivity contribution in [2.75, 3.05) is 50.7 Å². The van der Waals surface area contributed by atoms with Crippen LogP contribution < -0.4 is 10.2 Å². The molecule has 0 atom stereocenters. The van der Waals surface area contributed by atoms with Gasteiger partial charge in [0.1, 0.15) is 0 Å². The lowest BCUT2D eigenvalue weighted by atomic mass is 9.95. The van der Waals surface area contributed by atoms with E-state index in [2.05, 4.69) is 15.1 Å². The first-order valence-corrected chi connectivity index (χ1v) is 9.15. The molecule has 2 fully saturated rings. The standard InChI is InChI=1S/C16H24N4O2.C2H6/c21-20(22)16-3-1-15(2-4-16)19-9-5-14(6-10-19)13-18-11-7-17-8-12-18;1-2/h1-4,14,17H,5-13H2;1-2H3. The highest BCUT2D eigenvalue weighted by molar-refractivity contribution is 5.51. The second-order valence-electron chi connectivity index (χ2n) is 6.25. The molecule has 134 valence electrons. The molecule has 6 nitrogen and oxygen atoms in total. The third kappa shape index (κ3) is 5.18. The monoisotopic (exact) mass is 334 g/mol. The van der Waals surface area contributed by atoms with Crippen LogP contribution in [0.5, 0.6) is 0 Å². The molecule has 2 heterocycles. The van der Waals surface area contributed by atoms with Crippen LogP contribution in [0.25, 0.3) is 0 Å². The second kappa shape index (κ2) is 9.59. The van der Waals surface area contributed by atoms with Gasteiger partial charge in [-0.2, -0.15) is 0 Å². The van der Waals surface area contributed by atoms with E-state index >= 15 is 0 Å². The molecule has 0 aliphatic carbocycles. The number of anilines is 1. The fraction of sp³-hybridized carbons (Fsp3) is 0.667. The molecule has 2 aliphatic rings. The zero-order valence-corrected chi connectivity index (χ0v) is 14.9.